The summed E-state index contributed by atoms with van der Waals surface area (Å²) in [4.78, 5) is 17.8. The highest BCUT2D eigenvalue weighted by Gasteiger charge is 2.32. The first-order valence-electron chi connectivity index (χ1n) is 5.82. The van der Waals surface area contributed by atoms with Gasteiger partial charge in [0.05, 0.1) is 11.7 Å². The summed E-state index contributed by atoms with van der Waals surface area (Å²) >= 11 is 4.86. The van der Waals surface area contributed by atoms with Crippen LogP contribution in [0.3, 0.4) is 0 Å². The number of halogens is 1. The number of carbonyl (C=O) groups is 1. The maximum Gasteiger partial charge on any atom is 0.416 e. The molecule has 98 valence electrons. The number of benzene rings is 1. The zero-order valence-corrected chi connectivity index (χ0v) is 12.6. The highest BCUT2D eigenvalue weighted by atomic mass is 79.9. The number of anilines is 1. The van der Waals surface area contributed by atoms with Crippen LogP contribution in [0.4, 0.5) is 9.93 Å². The van der Waals surface area contributed by atoms with Crippen molar-refractivity contribution in [2.75, 3.05) is 11.5 Å². The molecule has 0 radical (unpaired) electrons. The third-order valence-electron chi connectivity index (χ3n) is 2.92. The van der Waals surface area contributed by atoms with E-state index in [9.17, 15) is 4.79 Å². The molecule has 6 heteroatoms. The highest BCUT2D eigenvalue weighted by molar-refractivity contribution is 9.10. The normalized spacial score (nSPS) is 18.7. The van der Waals surface area contributed by atoms with E-state index in [1.54, 1.807) is 4.90 Å². The van der Waals surface area contributed by atoms with Crippen LogP contribution in [0.2, 0.25) is 0 Å². The minimum Gasteiger partial charge on any atom is -0.447 e. The molecule has 1 aliphatic heterocycles. The lowest BCUT2D eigenvalue weighted by molar-refractivity contribution is 0.179. The Hall–Kier alpha value is -1.40. The fraction of sp³-hybridized carbons (Fsp3) is 0.231. The van der Waals surface area contributed by atoms with E-state index in [-0.39, 0.29) is 12.1 Å². The van der Waals surface area contributed by atoms with Crippen LogP contribution in [0, 0.1) is 0 Å². The van der Waals surface area contributed by atoms with Gasteiger partial charge in [-0.15, -0.1) is 11.3 Å². The molecule has 19 heavy (non-hydrogen) atoms. The summed E-state index contributed by atoms with van der Waals surface area (Å²) in [6, 6.07) is 7.97. The average Bonchev–Trinajstić information content (AvgIpc) is 2.98. The number of aromatic nitrogens is 1. The first kappa shape index (κ1) is 12.6. The van der Waals surface area contributed by atoms with Gasteiger partial charge in [-0.3, -0.25) is 0 Å². The number of cyclic esters (lactones) is 1. The quantitative estimate of drug-likeness (QED) is 0.833. The van der Waals surface area contributed by atoms with Gasteiger partial charge in [-0.1, -0.05) is 28.1 Å². The van der Waals surface area contributed by atoms with Crippen LogP contribution in [-0.4, -0.2) is 23.7 Å². The molecule has 0 saturated carbocycles. The number of nitrogens with zero attached hydrogens (tertiary/aromatic N) is 2. The van der Waals surface area contributed by atoms with Gasteiger partial charge in [0.2, 0.25) is 0 Å². The van der Waals surface area contributed by atoms with Crippen molar-refractivity contribution >= 4 is 38.5 Å². The summed E-state index contributed by atoms with van der Waals surface area (Å²) in [6.07, 6.45) is -0.316. The molecule has 2 aromatic rings. The summed E-state index contributed by atoms with van der Waals surface area (Å²) in [5, 5.41) is 2.64. The van der Waals surface area contributed by atoms with Gasteiger partial charge in [0, 0.05) is 15.4 Å². The van der Waals surface area contributed by atoms with Gasteiger partial charge in [0.15, 0.2) is 5.13 Å². The lowest BCUT2D eigenvalue weighted by Gasteiger charge is -2.13. The molecule has 1 fully saturated rings. The van der Waals surface area contributed by atoms with Crippen LogP contribution < -0.4 is 4.90 Å². The predicted octanol–water partition coefficient (Wildman–Crippen LogP) is 3.92. The van der Waals surface area contributed by atoms with Crippen molar-refractivity contribution in [2.24, 2.45) is 0 Å². The van der Waals surface area contributed by atoms with Crippen molar-refractivity contribution < 1.29 is 9.53 Å². The summed E-state index contributed by atoms with van der Waals surface area (Å²) in [7, 11) is 0. The van der Waals surface area contributed by atoms with E-state index < -0.39 is 0 Å². The van der Waals surface area contributed by atoms with Crippen LogP contribution in [0.1, 0.15) is 6.92 Å². The molecule has 0 bridgehead atoms. The zero-order chi connectivity index (χ0) is 13.4. The third-order valence-corrected chi connectivity index (χ3v) is 4.29. The van der Waals surface area contributed by atoms with Gasteiger partial charge in [-0.25, -0.2) is 14.7 Å². The predicted molar refractivity (Wildman–Crippen MR) is 78.5 cm³/mol. The Bertz CT molecular complexity index is 611. The number of thiazole rings is 1. The third kappa shape index (κ3) is 2.37. The van der Waals surface area contributed by atoms with Gasteiger partial charge >= 0.3 is 6.09 Å². The Morgan fingerprint density at radius 1 is 1.42 bits per heavy atom. The molecule has 2 heterocycles. The molecule has 0 aliphatic carbocycles. The van der Waals surface area contributed by atoms with Gasteiger partial charge in [0.1, 0.15) is 6.61 Å². The number of rotatable bonds is 2. The van der Waals surface area contributed by atoms with Crippen molar-refractivity contribution in [3.05, 3.63) is 34.1 Å². The number of amides is 1. The van der Waals surface area contributed by atoms with Crippen LogP contribution in [0.5, 0.6) is 0 Å². The van der Waals surface area contributed by atoms with E-state index in [2.05, 4.69) is 20.9 Å². The maximum atomic E-state index is 11.6. The number of carbonyl (C=O) groups excluding carboxylic acids is 1. The van der Waals surface area contributed by atoms with E-state index in [0.29, 0.717) is 11.7 Å². The fourth-order valence-corrected chi connectivity index (χ4v) is 3.10. The van der Waals surface area contributed by atoms with Crippen molar-refractivity contribution in [1.82, 2.24) is 4.98 Å². The molecule has 1 amide bonds. The molecule has 3 rings (SSSR count). The van der Waals surface area contributed by atoms with Crippen molar-refractivity contribution in [2.45, 2.75) is 13.0 Å². The molecule has 1 unspecified atom stereocenters. The summed E-state index contributed by atoms with van der Waals surface area (Å²) in [6.45, 7) is 2.37. The smallest absolute Gasteiger partial charge is 0.416 e. The molecule has 4 nitrogen and oxygen atoms in total. The lowest BCUT2D eigenvalue weighted by atomic mass is 10.2. The van der Waals surface area contributed by atoms with E-state index in [1.165, 1.54) is 11.3 Å². The molecule has 1 aliphatic rings. The number of ether oxygens (including phenoxy) is 1. The van der Waals surface area contributed by atoms with Crippen LogP contribution in [0.25, 0.3) is 11.3 Å². The van der Waals surface area contributed by atoms with Gasteiger partial charge in [-0.2, -0.15) is 0 Å². The lowest BCUT2D eigenvalue weighted by Crippen LogP contribution is -2.30. The molecule has 0 N–H and O–H groups in total. The van der Waals surface area contributed by atoms with E-state index in [0.717, 1.165) is 15.7 Å². The van der Waals surface area contributed by atoms with Crippen LogP contribution in [-0.2, 0) is 4.74 Å². The van der Waals surface area contributed by atoms with Crippen LogP contribution in [0.15, 0.2) is 34.1 Å². The van der Waals surface area contributed by atoms with Gasteiger partial charge in [0.25, 0.3) is 0 Å². The standard InChI is InChI=1S/C13H11BrN2O2S/c1-8-6-18-13(17)16(8)12-15-11(7-19-12)9-2-4-10(14)5-3-9/h2-5,7-8H,6H2,1H3. The Labute approximate surface area is 123 Å². The molecule has 1 atom stereocenters. The van der Waals surface area contributed by atoms with Crippen LogP contribution >= 0.6 is 27.3 Å². The molecular weight excluding hydrogens is 328 g/mol. The van der Waals surface area contributed by atoms with Crippen molar-refractivity contribution in [1.29, 1.82) is 0 Å². The second-order valence-electron chi connectivity index (χ2n) is 4.32. The zero-order valence-electron chi connectivity index (χ0n) is 10.2. The first-order chi connectivity index (χ1) is 9.15. The molecule has 1 aromatic heterocycles. The first-order valence-corrected chi connectivity index (χ1v) is 7.50. The Kier molecular flexibility index (Phi) is 3.28. The molecule has 1 aromatic carbocycles. The minimum absolute atomic E-state index is 0.0383. The number of hydrogen-bond donors (Lipinski definition) is 0. The topological polar surface area (TPSA) is 42.4 Å². The summed E-state index contributed by atoms with van der Waals surface area (Å²) < 4.78 is 6.04. The fourth-order valence-electron chi connectivity index (χ4n) is 1.91. The SMILES string of the molecule is CC1COC(=O)N1c1nc(-c2ccc(Br)cc2)cs1. The largest absolute Gasteiger partial charge is 0.447 e. The van der Waals surface area contributed by atoms with Gasteiger partial charge in [-0.05, 0) is 19.1 Å². The highest BCUT2D eigenvalue weighted by Crippen LogP contribution is 2.31. The summed E-state index contributed by atoms with van der Waals surface area (Å²) in [5.74, 6) is 0. The van der Waals surface area contributed by atoms with Crippen molar-refractivity contribution in [3.8, 4) is 11.3 Å². The molecule has 1 saturated heterocycles. The average molecular weight is 339 g/mol. The Morgan fingerprint density at radius 2 is 2.16 bits per heavy atom. The summed E-state index contributed by atoms with van der Waals surface area (Å²) in [5.41, 5.74) is 1.91. The van der Waals surface area contributed by atoms with E-state index in [1.807, 2.05) is 36.6 Å². The second-order valence-corrected chi connectivity index (χ2v) is 6.07. The molecule has 0 spiro atoms. The number of hydrogen-bond acceptors (Lipinski definition) is 4. The molecular formula is C13H11BrN2O2S. The monoisotopic (exact) mass is 338 g/mol. The second kappa shape index (κ2) is 4.94. The Morgan fingerprint density at radius 3 is 2.79 bits per heavy atom. The van der Waals surface area contributed by atoms with Gasteiger partial charge < -0.3 is 4.74 Å². The van der Waals surface area contributed by atoms with E-state index >= 15 is 0 Å². The van der Waals surface area contributed by atoms with E-state index in [4.69, 9.17) is 4.74 Å². The Balaban J connectivity index is 1.91. The maximum absolute atomic E-state index is 11.6. The van der Waals surface area contributed by atoms with Crippen molar-refractivity contribution in [3.63, 3.8) is 0 Å². The minimum atomic E-state index is -0.316.